The maximum atomic E-state index is 16.9. The van der Waals surface area contributed by atoms with E-state index >= 15 is 9.90 Å². The number of aliphatic imine (C=N–C) groups is 1. The fraction of sp³-hybridized carbons (Fsp3) is 0.600. The van der Waals surface area contributed by atoms with Gasteiger partial charge < -0.3 is 42.3 Å². The van der Waals surface area contributed by atoms with Crippen LogP contribution in [0, 0.1) is 63.1 Å². The van der Waals surface area contributed by atoms with Crippen molar-refractivity contribution in [1.29, 1.82) is 0 Å². The van der Waals surface area contributed by atoms with E-state index < -0.39 is 103 Å². The SMILES string of the molecule is CC(C(=O)O)=C(O)C1(O)C2=CCC3=C2C2C4C5CC(CCC6C(=O)C7=C8C9(O)C=C(C3)C2(O)C8(C)C64CCCCCC72CCC(=O)C(C)(C)C2C9C=Cc2ccccc2)NCC(N=C(N)N)C51. The molecule has 1 heterocycles. The van der Waals surface area contributed by atoms with Gasteiger partial charge in [-0.05, 0) is 115 Å². The molecular formula is C55H66N4O8. The van der Waals surface area contributed by atoms with Crippen LogP contribution in [-0.4, -0.2) is 84.5 Å². The maximum Gasteiger partial charge on any atom is 0.334 e. The van der Waals surface area contributed by atoms with E-state index in [0.29, 0.717) is 73.7 Å². The number of carboxylic acids is 1. The van der Waals surface area contributed by atoms with Crippen LogP contribution < -0.4 is 16.8 Å². The number of hydrogen-bond donors (Lipinski definition) is 8. The highest BCUT2D eigenvalue weighted by Crippen LogP contribution is 2.87. The molecule has 1 aromatic carbocycles. The van der Waals surface area contributed by atoms with Gasteiger partial charge in [0.15, 0.2) is 17.3 Å². The number of ketones is 2. The monoisotopic (exact) mass is 910 g/mol. The van der Waals surface area contributed by atoms with Crippen molar-refractivity contribution >= 4 is 29.6 Å². The van der Waals surface area contributed by atoms with E-state index in [1.165, 1.54) is 6.92 Å². The summed E-state index contributed by atoms with van der Waals surface area (Å²) in [6, 6.07) is 9.01. The molecule has 12 nitrogen and oxygen atoms in total. The van der Waals surface area contributed by atoms with Crippen molar-refractivity contribution in [1.82, 2.24) is 5.32 Å². The summed E-state index contributed by atoms with van der Waals surface area (Å²) in [6.45, 7) is 7.80. The van der Waals surface area contributed by atoms with Crippen LogP contribution in [-0.2, 0) is 14.4 Å². The van der Waals surface area contributed by atoms with Gasteiger partial charge >= 0.3 is 5.97 Å². The Hall–Kier alpha value is -4.62. The standard InChI is InChI=1S/C55H66N4O8/c1-27(47(63)64)46(62)54(66)33-17-14-29-23-30-25-53(65)35(16-13-28-11-7-5-8-12-28)44-49(2,3)37(60)19-22-51(44)20-9-6-10-21-52-34-18-15-31-24-32(39(54)36(26-58-31)59-48(56)57)40(52)41(38(29)33)55(30,67)50(52,4)45(53)42(51)43(34)61/h5,7-8,11-13,16-17,25,31-32,34-36,39-41,44,58,62,65-67H,6,9-10,14-15,18-24,26H2,1-4H3,(H,63,64)(H4,56,57,59). The molecule has 0 amide bonds. The van der Waals surface area contributed by atoms with Crippen LogP contribution in [0.15, 0.2) is 98.3 Å². The first-order chi connectivity index (χ1) is 31.8. The molecule has 4 saturated carbocycles. The van der Waals surface area contributed by atoms with Gasteiger partial charge in [0, 0.05) is 64.5 Å². The summed E-state index contributed by atoms with van der Waals surface area (Å²) in [6.07, 6.45) is 14.9. The second kappa shape index (κ2) is 13.8. The van der Waals surface area contributed by atoms with Crippen LogP contribution >= 0.6 is 0 Å². The summed E-state index contributed by atoms with van der Waals surface area (Å²) >= 11 is 0. The van der Waals surface area contributed by atoms with Crippen molar-refractivity contribution in [3.63, 3.8) is 0 Å². The van der Waals surface area contributed by atoms with Crippen LogP contribution in [0.1, 0.15) is 110 Å². The molecule has 1 saturated heterocycles. The molecule has 15 unspecified atom stereocenters. The molecule has 10 aliphatic carbocycles. The number of aliphatic carboxylic acids is 1. The Morgan fingerprint density at radius 2 is 1.70 bits per heavy atom. The highest BCUT2D eigenvalue weighted by atomic mass is 16.4. The number of rotatable bonds is 5. The predicted octanol–water partition coefficient (Wildman–Crippen LogP) is 6.14. The quantitative estimate of drug-likeness (QED) is 0.0550. The lowest BCUT2D eigenvalue weighted by Gasteiger charge is -2.72. The minimum Gasteiger partial charge on any atom is -0.508 e. The summed E-state index contributed by atoms with van der Waals surface area (Å²) in [5.74, 6) is -6.46. The number of nitrogens with zero attached hydrogens (tertiary/aromatic N) is 1. The second-order valence-corrected chi connectivity index (χ2v) is 23.5. The number of nitrogens with two attached hydrogens (primary N) is 2. The average molecular weight is 911 g/mol. The lowest BCUT2D eigenvalue weighted by molar-refractivity contribution is -0.183. The number of aliphatic hydroxyl groups excluding tert-OH is 1. The third-order valence-electron chi connectivity index (χ3n) is 21.1. The zero-order valence-electron chi connectivity index (χ0n) is 39.1. The number of allylic oxidation sites excluding steroid dienone is 3. The van der Waals surface area contributed by atoms with Crippen molar-refractivity contribution in [3.8, 4) is 0 Å². The van der Waals surface area contributed by atoms with E-state index in [2.05, 4.69) is 24.4 Å². The van der Waals surface area contributed by atoms with E-state index in [1.807, 2.05) is 56.3 Å². The highest BCUT2D eigenvalue weighted by molar-refractivity contribution is 6.04. The molecule has 0 aromatic heterocycles. The van der Waals surface area contributed by atoms with Crippen LogP contribution in [0.2, 0.25) is 0 Å². The fourth-order valence-corrected chi connectivity index (χ4v) is 19.1. The van der Waals surface area contributed by atoms with Crippen molar-refractivity contribution in [2.24, 2.45) is 79.5 Å². The molecule has 12 heteroatoms. The Kier molecular flexibility index (Phi) is 8.98. The van der Waals surface area contributed by atoms with Crippen LogP contribution in [0.3, 0.4) is 0 Å². The van der Waals surface area contributed by atoms with E-state index in [0.717, 1.165) is 36.0 Å². The van der Waals surface area contributed by atoms with Gasteiger partial charge in [0.2, 0.25) is 0 Å². The Bertz CT molecular complexity index is 2690. The van der Waals surface area contributed by atoms with Crippen LogP contribution in [0.5, 0.6) is 0 Å². The van der Waals surface area contributed by atoms with Gasteiger partial charge in [0.1, 0.15) is 22.7 Å². The van der Waals surface area contributed by atoms with E-state index in [9.17, 15) is 30.0 Å². The molecular weight excluding hydrogens is 845 g/mol. The summed E-state index contributed by atoms with van der Waals surface area (Å²) < 4.78 is 0. The van der Waals surface area contributed by atoms with Crippen molar-refractivity contribution in [2.45, 2.75) is 134 Å². The van der Waals surface area contributed by atoms with E-state index in [4.69, 9.17) is 16.5 Å². The number of Topliss-reactive ketones (excluding diaryl/α,β-unsaturated/α-hetero) is 2. The minimum atomic E-state index is -2.28. The van der Waals surface area contributed by atoms with E-state index in [-0.39, 0.29) is 36.5 Å². The maximum absolute atomic E-state index is 16.9. The van der Waals surface area contributed by atoms with Gasteiger partial charge in [-0.1, -0.05) is 94.2 Å². The number of fused-ring (bicyclic) bond motifs is 1. The fourth-order valence-electron chi connectivity index (χ4n) is 19.1. The third kappa shape index (κ3) is 4.89. The molecule has 5 fully saturated rings. The third-order valence-corrected chi connectivity index (χ3v) is 21.1. The van der Waals surface area contributed by atoms with Gasteiger partial charge in [-0.3, -0.25) is 9.59 Å². The number of guanidine groups is 1. The first-order valence-electron chi connectivity index (χ1n) is 25.1. The number of aliphatic hydroxyl groups is 4. The smallest absolute Gasteiger partial charge is 0.334 e. The number of carbonyl (C=O) groups excluding carboxylic acids is 2. The number of nitrogens with one attached hydrogen (secondary N) is 1. The molecule has 1 aromatic rings. The average Bonchev–Trinajstić information content (AvgIpc) is 3.66. The molecule has 354 valence electrons. The van der Waals surface area contributed by atoms with E-state index in [1.54, 1.807) is 0 Å². The predicted molar refractivity (Wildman–Crippen MR) is 251 cm³/mol. The molecule has 67 heavy (non-hydrogen) atoms. The molecule has 2 spiro atoms. The van der Waals surface area contributed by atoms with Gasteiger partial charge in [-0.25, -0.2) is 9.79 Å². The number of carboxylic acid groups (broad SMARTS) is 1. The zero-order valence-corrected chi connectivity index (χ0v) is 39.1. The van der Waals surface area contributed by atoms with Gasteiger partial charge in [0.25, 0.3) is 0 Å². The number of hydrogen-bond acceptors (Lipinski definition) is 9. The Labute approximate surface area is 392 Å². The molecule has 6 bridgehead atoms. The number of benzene rings is 1. The Morgan fingerprint density at radius 1 is 0.955 bits per heavy atom. The van der Waals surface area contributed by atoms with Crippen molar-refractivity contribution in [2.75, 3.05) is 6.54 Å². The summed E-state index contributed by atoms with van der Waals surface area (Å²) in [5, 5.41) is 70.4. The molecule has 12 rings (SSSR count). The zero-order chi connectivity index (χ0) is 47.2. The topological polar surface area (TPSA) is 229 Å². The van der Waals surface area contributed by atoms with Gasteiger partial charge in [-0.2, -0.15) is 0 Å². The van der Waals surface area contributed by atoms with Crippen LogP contribution in [0.25, 0.3) is 6.08 Å². The molecule has 10 N–H and O–H groups in total. The van der Waals surface area contributed by atoms with Gasteiger partial charge in [-0.15, -0.1) is 0 Å². The Balaban J connectivity index is 1.25. The first-order valence-corrected chi connectivity index (χ1v) is 25.1. The largest absolute Gasteiger partial charge is 0.508 e. The molecule has 11 aliphatic rings. The first kappa shape index (κ1) is 43.6. The summed E-state index contributed by atoms with van der Waals surface area (Å²) in [7, 11) is 0. The highest BCUT2D eigenvalue weighted by Gasteiger charge is 2.88. The minimum absolute atomic E-state index is 0.0314. The lowest BCUT2D eigenvalue weighted by atomic mass is 9.32. The Morgan fingerprint density at radius 3 is 2.43 bits per heavy atom. The summed E-state index contributed by atoms with van der Waals surface area (Å²) in [4.78, 5) is 49.2. The van der Waals surface area contributed by atoms with Crippen molar-refractivity contribution < 1.29 is 39.9 Å². The molecule has 0 radical (unpaired) electrons. The number of carbonyl (C=O) groups is 3. The van der Waals surface area contributed by atoms with Gasteiger partial charge in [0.05, 0.1) is 11.6 Å². The lowest BCUT2D eigenvalue weighted by Crippen LogP contribution is -2.73. The van der Waals surface area contributed by atoms with Crippen molar-refractivity contribution in [3.05, 3.63) is 98.9 Å². The van der Waals surface area contributed by atoms with Crippen LogP contribution in [0.4, 0.5) is 0 Å². The second-order valence-electron chi connectivity index (χ2n) is 23.5. The molecule has 15 atom stereocenters. The summed E-state index contributed by atoms with van der Waals surface area (Å²) in [5.41, 5.74) is 7.59. The normalized spacial score (nSPS) is 46.5. The molecule has 1 aliphatic heterocycles.